The highest BCUT2D eigenvalue weighted by Gasteiger charge is 2.35. The molecule has 0 bridgehead atoms. The molecule has 0 unspecified atom stereocenters. The Balaban J connectivity index is 1.49. The van der Waals surface area contributed by atoms with Crippen molar-refractivity contribution in [3.63, 3.8) is 0 Å². The van der Waals surface area contributed by atoms with E-state index in [-0.39, 0.29) is 17.7 Å². The SMILES string of the molecule is CCn1c([C@H]2OCC[C@H]2c2ccccc2)nn(Cc2noc3c2CCCC3)c1=O. The molecule has 1 aromatic carbocycles. The summed E-state index contributed by atoms with van der Waals surface area (Å²) in [7, 11) is 0. The average Bonchev–Trinajstić information content (AvgIpc) is 3.47. The van der Waals surface area contributed by atoms with Crippen molar-refractivity contribution in [3.8, 4) is 0 Å². The van der Waals surface area contributed by atoms with Gasteiger partial charge in [-0.25, -0.2) is 9.48 Å². The first kappa shape index (κ1) is 18.4. The first-order chi connectivity index (χ1) is 14.3. The lowest BCUT2D eigenvalue weighted by Gasteiger charge is -2.18. The normalized spacial score (nSPS) is 21.4. The molecule has 7 nitrogen and oxygen atoms in total. The Morgan fingerprint density at radius 3 is 2.83 bits per heavy atom. The molecule has 0 radical (unpaired) electrons. The van der Waals surface area contributed by atoms with Gasteiger partial charge in [-0.15, -0.1) is 0 Å². The lowest BCUT2D eigenvalue weighted by atomic mass is 9.92. The van der Waals surface area contributed by atoms with Gasteiger partial charge in [-0.3, -0.25) is 4.57 Å². The van der Waals surface area contributed by atoms with Crippen LogP contribution in [0, 0.1) is 0 Å². The highest BCUT2D eigenvalue weighted by molar-refractivity contribution is 5.26. The van der Waals surface area contributed by atoms with Crippen molar-refractivity contribution in [2.45, 2.75) is 64.1 Å². The van der Waals surface area contributed by atoms with Crippen LogP contribution in [0.4, 0.5) is 0 Å². The smallest absolute Gasteiger partial charge is 0.346 e. The van der Waals surface area contributed by atoms with Crippen LogP contribution >= 0.6 is 0 Å². The quantitative estimate of drug-likeness (QED) is 0.664. The van der Waals surface area contributed by atoms with Crippen LogP contribution < -0.4 is 5.69 Å². The molecule has 2 aromatic heterocycles. The van der Waals surface area contributed by atoms with E-state index in [1.807, 2.05) is 25.1 Å². The van der Waals surface area contributed by atoms with Gasteiger partial charge in [0.1, 0.15) is 17.6 Å². The second-order valence-corrected chi connectivity index (χ2v) is 7.88. The molecule has 3 heterocycles. The number of aryl methyl sites for hydroxylation is 1. The largest absolute Gasteiger partial charge is 0.370 e. The molecule has 0 saturated carbocycles. The molecule has 29 heavy (non-hydrogen) atoms. The molecule has 3 aromatic rings. The first-order valence-electron chi connectivity index (χ1n) is 10.6. The number of aromatic nitrogens is 4. The second kappa shape index (κ2) is 7.63. The third-order valence-electron chi connectivity index (χ3n) is 6.17. The highest BCUT2D eigenvalue weighted by atomic mass is 16.5. The molecule has 2 aliphatic rings. The Labute approximate surface area is 169 Å². The average molecular weight is 394 g/mol. The molecule has 1 aliphatic carbocycles. The predicted octanol–water partition coefficient (Wildman–Crippen LogP) is 3.23. The monoisotopic (exact) mass is 394 g/mol. The zero-order valence-corrected chi connectivity index (χ0v) is 16.7. The molecule has 0 N–H and O–H groups in total. The summed E-state index contributed by atoms with van der Waals surface area (Å²) in [6.45, 7) is 3.56. The maximum Gasteiger partial charge on any atom is 0.346 e. The third kappa shape index (κ3) is 3.23. The fourth-order valence-electron chi connectivity index (χ4n) is 4.67. The third-order valence-corrected chi connectivity index (χ3v) is 6.17. The summed E-state index contributed by atoms with van der Waals surface area (Å²) < 4.78 is 14.8. The van der Waals surface area contributed by atoms with E-state index >= 15 is 0 Å². The fraction of sp³-hybridized carbons (Fsp3) is 0.500. The van der Waals surface area contributed by atoms with Gasteiger partial charge in [0, 0.05) is 31.1 Å². The molecule has 1 fully saturated rings. The molecule has 7 heteroatoms. The molecule has 0 spiro atoms. The minimum absolute atomic E-state index is 0.114. The molecule has 5 rings (SSSR count). The topological polar surface area (TPSA) is 75.1 Å². The van der Waals surface area contributed by atoms with Crippen LogP contribution in [0.5, 0.6) is 0 Å². The number of benzene rings is 1. The van der Waals surface area contributed by atoms with Crippen molar-refractivity contribution in [1.29, 1.82) is 0 Å². The van der Waals surface area contributed by atoms with E-state index in [9.17, 15) is 4.79 Å². The van der Waals surface area contributed by atoms with Gasteiger partial charge in [-0.1, -0.05) is 35.5 Å². The van der Waals surface area contributed by atoms with Gasteiger partial charge in [0.2, 0.25) is 0 Å². The van der Waals surface area contributed by atoms with Crippen LogP contribution in [-0.2, 0) is 30.7 Å². The van der Waals surface area contributed by atoms with Crippen LogP contribution in [0.3, 0.4) is 0 Å². The van der Waals surface area contributed by atoms with E-state index in [1.54, 1.807) is 4.57 Å². The molecular formula is C22H26N4O3. The summed E-state index contributed by atoms with van der Waals surface area (Å²) in [4.78, 5) is 13.1. The van der Waals surface area contributed by atoms with E-state index in [0.29, 0.717) is 25.5 Å². The number of rotatable bonds is 5. The van der Waals surface area contributed by atoms with Crippen molar-refractivity contribution < 1.29 is 9.26 Å². The molecule has 1 saturated heterocycles. The van der Waals surface area contributed by atoms with Gasteiger partial charge >= 0.3 is 5.69 Å². The van der Waals surface area contributed by atoms with E-state index in [1.165, 1.54) is 10.2 Å². The summed E-state index contributed by atoms with van der Waals surface area (Å²) in [6.07, 6.45) is 4.88. The van der Waals surface area contributed by atoms with E-state index in [4.69, 9.17) is 14.4 Å². The second-order valence-electron chi connectivity index (χ2n) is 7.88. The summed E-state index contributed by atoms with van der Waals surface area (Å²) in [5, 5.41) is 8.97. The summed E-state index contributed by atoms with van der Waals surface area (Å²) in [6, 6.07) is 10.4. The summed E-state index contributed by atoms with van der Waals surface area (Å²) in [5.41, 5.74) is 3.11. The fourth-order valence-corrected chi connectivity index (χ4v) is 4.67. The number of hydrogen-bond acceptors (Lipinski definition) is 5. The summed E-state index contributed by atoms with van der Waals surface area (Å²) >= 11 is 0. The maximum absolute atomic E-state index is 13.1. The van der Waals surface area contributed by atoms with E-state index < -0.39 is 0 Å². The predicted molar refractivity (Wildman–Crippen MR) is 107 cm³/mol. The Kier molecular flexibility index (Phi) is 4.83. The standard InChI is InChI=1S/C22H26N4O3/c1-2-25-21(20-16(12-13-28-20)15-8-4-3-5-9-15)23-26(22(25)27)14-18-17-10-6-7-11-19(17)29-24-18/h3-5,8-9,16,20H,2,6-7,10-14H2,1H3/t16-,20-/m0/s1. The van der Waals surface area contributed by atoms with Crippen LogP contribution in [0.25, 0.3) is 0 Å². The van der Waals surface area contributed by atoms with Crippen LogP contribution in [0.15, 0.2) is 39.6 Å². The summed E-state index contributed by atoms with van der Waals surface area (Å²) in [5.74, 6) is 1.88. The Hall–Kier alpha value is -2.67. The first-order valence-corrected chi connectivity index (χ1v) is 10.6. The maximum atomic E-state index is 13.1. The highest BCUT2D eigenvalue weighted by Crippen LogP contribution is 2.40. The van der Waals surface area contributed by atoms with Gasteiger partial charge in [0.15, 0.2) is 5.82 Å². The zero-order chi connectivity index (χ0) is 19.8. The Morgan fingerprint density at radius 1 is 1.17 bits per heavy atom. The van der Waals surface area contributed by atoms with Crippen molar-refractivity contribution >= 4 is 0 Å². The lowest BCUT2D eigenvalue weighted by Crippen LogP contribution is -2.26. The number of ether oxygens (including phenoxy) is 1. The van der Waals surface area contributed by atoms with Crippen LogP contribution in [-0.4, -0.2) is 26.1 Å². The number of fused-ring (bicyclic) bond motifs is 1. The van der Waals surface area contributed by atoms with Gasteiger partial charge < -0.3 is 9.26 Å². The van der Waals surface area contributed by atoms with Crippen molar-refractivity contribution in [3.05, 3.63) is 69.2 Å². The van der Waals surface area contributed by atoms with Gasteiger partial charge in [-0.2, -0.15) is 5.10 Å². The van der Waals surface area contributed by atoms with Crippen molar-refractivity contribution in [2.75, 3.05) is 6.61 Å². The Bertz CT molecular complexity index is 1050. The molecular weight excluding hydrogens is 368 g/mol. The Morgan fingerprint density at radius 2 is 2.00 bits per heavy atom. The molecule has 1 aliphatic heterocycles. The van der Waals surface area contributed by atoms with Gasteiger partial charge in [0.25, 0.3) is 0 Å². The van der Waals surface area contributed by atoms with E-state index in [0.717, 1.165) is 49.1 Å². The van der Waals surface area contributed by atoms with Gasteiger partial charge in [0.05, 0.1) is 6.54 Å². The van der Waals surface area contributed by atoms with Crippen LogP contribution in [0.2, 0.25) is 0 Å². The van der Waals surface area contributed by atoms with Crippen molar-refractivity contribution in [2.24, 2.45) is 0 Å². The minimum atomic E-state index is -0.211. The number of nitrogens with zero attached hydrogens (tertiary/aromatic N) is 4. The molecule has 0 amide bonds. The minimum Gasteiger partial charge on any atom is -0.370 e. The van der Waals surface area contributed by atoms with E-state index in [2.05, 4.69) is 17.3 Å². The molecule has 152 valence electrons. The van der Waals surface area contributed by atoms with Gasteiger partial charge in [-0.05, 0) is 38.2 Å². The lowest BCUT2D eigenvalue weighted by molar-refractivity contribution is 0.0934. The number of hydrogen-bond donors (Lipinski definition) is 0. The van der Waals surface area contributed by atoms with Crippen molar-refractivity contribution in [1.82, 2.24) is 19.5 Å². The van der Waals surface area contributed by atoms with Crippen LogP contribution in [0.1, 0.15) is 66.6 Å². The molecule has 2 atom stereocenters. The zero-order valence-electron chi connectivity index (χ0n) is 16.7.